The van der Waals surface area contributed by atoms with Gasteiger partial charge in [0.1, 0.15) is 17.3 Å². The molecule has 104 valence electrons. The van der Waals surface area contributed by atoms with Gasteiger partial charge in [0.05, 0.1) is 0 Å². The molecule has 2 heterocycles. The quantitative estimate of drug-likeness (QED) is 0.809. The van der Waals surface area contributed by atoms with Crippen molar-refractivity contribution in [2.75, 3.05) is 11.9 Å². The Balaban J connectivity index is 2.48. The van der Waals surface area contributed by atoms with Crippen LogP contribution in [0.3, 0.4) is 0 Å². The summed E-state index contributed by atoms with van der Waals surface area (Å²) in [6.45, 7) is 8.62. The van der Waals surface area contributed by atoms with Crippen LogP contribution in [0.25, 0.3) is 5.78 Å². The lowest BCUT2D eigenvalue weighted by molar-refractivity contribution is 0.499. The minimum Gasteiger partial charge on any atom is -0.356 e. The minimum atomic E-state index is 0.393. The van der Waals surface area contributed by atoms with Crippen LogP contribution in [0.2, 0.25) is 5.15 Å². The Kier molecular flexibility index (Phi) is 3.94. The average molecular weight is 282 g/mol. The zero-order valence-electron chi connectivity index (χ0n) is 12.1. The summed E-state index contributed by atoms with van der Waals surface area (Å²) in [6.07, 6.45) is 2.61. The molecule has 0 amide bonds. The van der Waals surface area contributed by atoms with E-state index in [0.717, 1.165) is 17.8 Å². The molecular weight excluding hydrogens is 262 g/mol. The number of aromatic nitrogens is 4. The van der Waals surface area contributed by atoms with Crippen LogP contribution in [0, 0.1) is 12.8 Å². The molecule has 2 rings (SSSR count). The molecule has 6 heteroatoms. The molecule has 0 saturated heterocycles. The molecule has 2 aromatic rings. The lowest BCUT2D eigenvalue weighted by atomic mass is 10.0. The molecule has 0 aliphatic carbocycles. The Labute approximate surface area is 118 Å². The van der Waals surface area contributed by atoms with Gasteiger partial charge in [-0.3, -0.25) is 0 Å². The van der Waals surface area contributed by atoms with Crippen LogP contribution >= 0.6 is 11.6 Å². The zero-order valence-corrected chi connectivity index (χ0v) is 12.8. The lowest BCUT2D eigenvalue weighted by Gasteiger charge is -2.29. The molecule has 1 atom stereocenters. The first-order chi connectivity index (χ1) is 8.91. The molecule has 0 saturated carbocycles. The van der Waals surface area contributed by atoms with Gasteiger partial charge in [0.15, 0.2) is 0 Å². The number of rotatable bonds is 4. The van der Waals surface area contributed by atoms with Crippen LogP contribution in [0.4, 0.5) is 5.82 Å². The fourth-order valence-corrected chi connectivity index (χ4v) is 2.51. The number of hydrogen-bond donors (Lipinski definition) is 0. The number of fused-ring (bicyclic) bond motifs is 1. The van der Waals surface area contributed by atoms with Crippen molar-refractivity contribution >= 4 is 23.2 Å². The highest BCUT2D eigenvalue weighted by atomic mass is 35.5. The smallest absolute Gasteiger partial charge is 0.255 e. The van der Waals surface area contributed by atoms with E-state index in [1.165, 1.54) is 6.33 Å². The van der Waals surface area contributed by atoms with Crippen LogP contribution in [0.15, 0.2) is 6.33 Å². The van der Waals surface area contributed by atoms with E-state index in [2.05, 4.69) is 47.8 Å². The Morgan fingerprint density at radius 1 is 1.37 bits per heavy atom. The summed E-state index contributed by atoms with van der Waals surface area (Å²) in [5.41, 5.74) is 0.928. The second-order valence-electron chi connectivity index (χ2n) is 5.41. The first-order valence-electron chi connectivity index (χ1n) is 6.50. The van der Waals surface area contributed by atoms with Crippen LogP contribution in [0.1, 0.15) is 32.8 Å². The standard InChI is InChI=1S/C13H20ClN5/c1-8(2)6-9(3)18(5)12-10(4)11(14)17-13-15-7-16-19(12)13/h7-9H,6H2,1-5H3. The van der Waals surface area contributed by atoms with Gasteiger partial charge in [-0.2, -0.15) is 19.6 Å². The van der Waals surface area contributed by atoms with Gasteiger partial charge in [-0.15, -0.1) is 0 Å². The largest absolute Gasteiger partial charge is 0.356 e. The monoisotopic (exact) mass is 281 g/mol. The number of nitrogens with zero attached hydrogens (tertiary/aromatic N) is 5. The van der Waals surface area contributed by atoms with E-state index in [0.29, 0.717) is 22.9 Å². The Morgan fingerprint density at radius 3 is 2.68 bits per heavy atom. The van der Waals surface area contributed by atoms with Gasteiger partial charge < -0.3 is 4.90 Å². The molecule has 5 nitrogen and oxygen atoms in total. The van der Waals surface area contributed by atoms with Crippen molar-refractivity contribution in [2.45, 2.75) is 40.2 Å². The van der Waals surface area contributed by atoms with Gasteiger partial charge in [0.2, 0.25) is 0 Å². The van der Waals surface area contributed by atoms with E-state index < -0.39 is 0 Å². The van der Waals surface area contributed by atoms with E-state index in [9.17, 15) is 0 Å². The van der Waals surface area contributed by atoms with Crippen LogP contribution in [0.5, 0.6) is 0 Å². The second kappa shape index (κ2) is 5.33. The van der Waals surface area contributed by atoms with E-state index >= 15 is 0 Å². The molecule has 0 fully saturated rings. The Morgan fingerprint density at radius 2 is 2.05 bits per heavy atom. The predicted octanol–water partition coefficient (Wildman–Crippen LogP) is 2.96. The number of anilines is 1. The third kappa shape index (κ3) is 2.66. The number of halogens is 1. The fraction of sp³-hybridized carbons (Fsp3) is 0.615. The number of hydrogen-bond acceptors (Lipinski definition) is 4. The maximum Gasteiger partial charge on any atom is 0.255 e. The van der Waals surface area contributed by atoms with Crippen LogP contribution in [-0.4, -0.2) is 32.7 Å². The summed E-state index contributed by atoms with van der Waals surface area (Å²) < 4.78 is 1.75. The first kappa shape index (κ1) is 14.1. The topological polar surface area (TPSA) is 46.3 Å². The molecule has 0 aliphatic heterocycles. The van der Waals surface area contributed by atoms with Crippen molar-refractivity contribution in [3.05, 3.63) is 17.0 Å². The molecule has 0 bridgehead atoms. The molecule has 0 aromatic carbocycles. The van der Waals surface area contributed by atoms with Crippen LogP contribution in [-0.2, 0) is 0 Å². The Bertz CT molecular complexity index is 578. The SMILES string of the molecule is Cc1c(Cl)nc2ncnn2c1N(C)C(C)CC(C)C. The van der Waals surface area contributed by atoms with Crippen molar-refractivity contribution in [2.24, 2.45) is 5.92 Å². The third-order valence-corrected chi connectivity index (χ3v) is 3.75. The van der Waals surface area contributed by atoms with Crippen molar-refractivity contribution in [3.8, 4) is 0 Å². The predicted molar refractivity (Wildman–Crippen MR) is 77.8 cm³/mol. The summed E-state index contributed by atoms with van der Waals surface area (Å²) in [4.78, 5) is 10.5. The van der Waals surface area contributed by atoms with Gasteiger partial charge in [-0.05, 0) is 26.2 Å². The second-order valence-corrected chi connectivity index (χ2v) is 5.77. The Hall–Kier alpha value is -1.36. The highest BCUT2D eigenvalue weighted by Crippen LogP contribution is 2.27. The summed E-state index contributed by atoms with van der Waals surface area (Å²) in [5.74, 6) is 2.14. The van der Waals surface area contributed by atoms with E-state index in [1.54, 1.807) is 4.52 Å². The molecule has 0 radical (unpaired) electrons. The van der Waals surface area contributed by atoms with Gasteiger partial charge in [0.25, 0.3) is 5.78 Å². The average Bonchev–Trinajstić information content (AvgIpc) is 2.76. The first-order valence-corrected chi connectivity index (χ1v) is 6.88. The maximum absolute atomic E-state index is 6.19. The van der Waals surface area contributed by atoms with Crippen LogP contribution < -0.4 is 4.90 Å². The van der Waals surface area contributed by atoms with E-state index in [1.807, 2.05) is 6.92 Å². The molecule has 19 heavy (non-hydrogen) atoms. The van der Waals surface area contributed by atoms with E-state index in [-0.39, 0.29) is 0 Å². The van der Waals surface area contributed by atoms with Crippen molar-refractivity contribution in [3.63, 3.8) is 0 Å². The lowest BCUT2D eigenvalue weighted by Crippen LogP contribution is -2.32. The molecule has 0 N–H and O–H groups in total. The van der Waals surface area contributed by atoms with Crippen molar-refractivity contribution in [1.82, 2.24) is 19.6 Å². The van der Waals surface area contributed by atoms with Gasteiger partial charge >= 0.3 is 0 Å². The summed E-state index contributed by atoms with van der Waals surface area (Å²) in [5, 5.41) is 4.73. The molecule has 2 aromatic heterocycles. The van der Waals surface area contributed by atoms with Crippen molar-refractivity contribution in [1.29, 1.82) is 0 Å². The molecule has 0 spiro atoms. The summed E-state index contributed by atoms with van der Waals surface area (Å²) in [7, 11) is 2.06. The van der Waals surface area contributed by atoms with Gasteiger partial charge in [-0.25, -0.2) is 0 Å². The molecular formula is C13H20ClN5. The molecule has 0 aliphatic rings. The van der Waals surface area contributed by atoms with Gasteiger partial charge in [-0.1, -0.05) is 25.4 Å². The minimum absolute atomic E-state index is 0.393. The molecule has 1 unspecified atom stereocenters. The van der Waals surface area contributed by atoms with E-state index in [4.69, 9.17) is 11.6 Å². The summed E-state index contributed by atoms with van der Waals surface area (Å²) in [6, 6.07) is 0.393. The fourth-order valence-electron chi connectivity index (χ4n) is 2.35. The van der Waals surface area contributed by atoms with Gasteiger partial charge in [0, 0.05) is 18.7 Å². The zero-order chi connectivity index (χ0) is 14.2. The van der Waals surface area contributed by atoms with Crippen molar-refractivity contribution < 1.29 is 0 Å². The summed E-state index contributed by atoms with van der Waals surface area (Å²) >= 11 is 6.19. The highest BCUT2D eigenvalue weighted by molar-refractivity contribution is 6.30. The normalized spacial score (nSPS) is 13.2. The maximum atomic E-state index is 6.19. The highest BCUT2D eigenvalue weighted by Gasteiger charge is 2.20. The third-order valence-electron chi connectivity index (χ3n) is 3.38.